The third-order valence-corrected chi connectivity index (χ3v) is 7.84. The standard InChI is InChI=1S/C23H32N4O3S/c1-23(2,3)27-21(18-9-10-18)15-20(25-27)22(28)24-16-17-7-11-19(12-8-17)31(29,30)26-13-5-4-6-14-26/h7-8,11-12,15,18H,4-6,9-10,13-14,16H2,1-3H3,(H,24,28). The van der Waals surface area contributed by atoms with Crippen molar-refractivity contribution in [3.8, 4) is 0 Å². The Balaban J connectivity index is 1.41. The van der Waals surface area contributed by atoms with E-state index in [4.69, 9.17) is 0 Å². The van der Waals surface area contributed by atoms with E-state index in [1.54, 1.807) is 28.6 Å². The third-order valence-electron chi connectivity index (χ3n) is 5.93. The number of amides is 1. The predicted octanol–water partition coefficient (Wildman–Crippen LogP) is 3.62. The van der Waals surface area contributed by atoms with Crippen LogP contribution in [0.5, 0.6) is 0 Å². The number of nitrogens with zero attached hydrogens (tertiary/aromatic N) is 3. The minimum atomic E-state index is -3.44. The Morgan fingerprint density at radius 1 is 1.10 bits per heavy atom. The van der Waals surface area contributed by atoms with Gasteiger partial charge in [-0.25, -0.2) is 8.42 Å². The van der Waals surface area contributed by atoms with Crippen LogP contribution in [0.3, 0.4) is 0 Å². The number of aromatic nitrogens is 2. The summed E-state index contributed by atoms with van der Waals surface area (Å²) in [7, 11) is -3.44. The molecule has 1 saturated heterocycles. The smallest absolute Gasteiger partial charge is 0.272 e. The lowest BCUT2D eigenvalue weighted by Crippen LogP contribution is -2.35. The van der Waals surface area contributed by atoms with E-state index in [9.17, 15) is 13.2 Å². The van der Waals surface area contributed by atoms with Crippen molar-refractivity contribution in [2.45, 2.75) is 75.8 Å². The van der Waals surface area contributed by atoms with Crippen molar-refractivity contribution in [1.82, 2.24) is 19.4 Å². The Bertz CT molecular complexity index is 1040. The summed E-state index contributed by atoms with van der Waals surface area (Å²) in [6.07, 6.45) is 5.21. The van der Waals surface area contributed by atoms with Crippen molar-refractivity contribution < 1.29 is 13.2 Å². The first-order chi connectivity index (χ1) is 14.7. The molecule has 0 unspecified atom stereocenters. The second-order valence-corrected chi connectivity index (χ2v) is 11.5. The summed E-state index contributed by atoms with van der Waals surface area (Å²) in [5, 5.41) is 7.49. The number of carbonyl (C=O) groups is 1. The molecule has 2 fully saturated rings. The average Bonchev–Trinajstić information content (AvgIpc) is 3.49. The number of sulfonamides is 1. The molecule has 0 spiro atoms. The lowest BCUT2D eigenvalue weighted by molar-refractivity contribution is 0.0944. The summed E-state index contributed by atoms with van der Waals surface area (Å²) in [5.74, 6) is 0.289. The van der Waals surface area contributed by atoms with E-state index in [1.165, 1.54) is 0 Å². The molecule has 1 saturated carbocycles. The van der Waals surface area contributed by atoms with Gasteiger partial charge in [0.15, 0.2) is 0 Å². The molecule has 168 valence electrons. The van der Waals surface area contributed by atoms with E-state index in [-0.39, 0.29) is 11.4 Å². The van der Waals surface area contributed by atoms with E-state index in [2.05, 4.69) is 31.2 Å². The monoisotopic (exact) mass is 444 g/mol. The second kappa shape index (κ2) is 8.39. The molecule has 1 aromatic carbocycles. The van der Waals surface area contributed by atoms with Crippen molar-refractivity contribution in [1.29, 1.82) is 0 Å². The maximum Gasteiger partial charge on any atom is 0.272 e. The molecule has 0 atom stereocenters. The summed E-state index contributed by atoms with van der Waals surface area (Å²) < 4.78 is 29.1. The minimum Gasteiger partial charge on any atom is -0.347 e. The number of nitrogens with one attached hydrogen (secondary N) is 1. The number of hydrogen-bond donors (Lipinski definition) is 1. The van der Waals surface area contributed by atoms with Crippen molar-refractivity contribution in [3.63, 3.8) is 0 Å². The lowest BCUT2D eigenvalue weighted by atomic mass is 10.1. The third kappa shape index (κ3) is 4.85. The number of hydrogen-bond acceptors (Lipinski definition) is 4. The van der Waals surface area contributed by atoms with Gasteiger partial charge in [-0.1, -0.05) is 18.6 Å². The Labute approximate surface area is 184 Å². The predicted molar refractivity (Wildman–Crippen MR) is 119 cm³/mol. The molecule has 2 heterocycles. The number of piperidine rings is 1. The highest BCUT2D eigenvalue weighted by molar-refractivity contribution is 7.89. The molecule has 1 aliphatic carbocycles. The summed E-state index contributed by atoms with van der Waals surface area (Å²) in [6, 6.07) is 8.70. The topological polar surface area (TPSA) is 84.3 Å². The zero-order valence-electron chi connectivity index (χ0n) is 18.6. The molecule has 0 bridgehead atoms. The Morgan fingerprint density at radius 2 is 1.74 bits per heavy atom. The van der Waals surface area contributed by atoms with Gasteiger partial charge in [0.05, 0.1) is 10.4 Å². The van der Waals surface area contributed by atoms with Crippen LogP contribution in [0.15, 0.2) is 35.2 Å². The number of benzene rings is 1. The van der Waals surface area contributed by atoms with E-state index < -0.39 is 10.0 Å². The lowest BCUT2D eigenvalue weighted by Gasteiger charge is -2.25. The molecule has 0 radical (unpaired) electrons. The first-order valence-electron chi connectivity index (χ1n) is 11.1. The fourth-order valence-electron chi connectivity index (χ4n) is 4.02. The molecule has 7 nitrogen and oxygen atoms in total. The van der Waals surface area contributed by atoms with Gasteiger partial charge >= 0.3 is 0 Å². The first-order valence-corrected chi connectivity index (χ1v) is 12.6. The maximum atomic E-state index is 12.8. The summed E-state index contributed by atoms with van der Waals surface area (Å²) in [5.41, 5.74) is 2.24. The van der Waals surface area contributed by atoms with E-state index in [0.717, 1.165) is 43.4 Å². The molecule has 8 heteroatoms. The van der Waals surface area contributed by atoms with Gasteiger partial charge < -0.3 is 5.32 Å². The molecular weight excluding hydrogens is 412 g/mol. The average molecular weight is 445 g/mol. The molecule has 1 aromatic heterocycles. The van der Waals surface area contributed by atoms with Crippen molar-refractivity contribution in [2.24, 2.45) is 0 Å². The zero-order valence-corrected chi connectivity index (χ0v) is 19.4. The Kier molecular flexibility index (Phi) is 5.96. The summed E-state index contributed by atoms with van der Waals surface area (Å²) in [4.78, 5) is 13.0. The highest BCUT2D eigenvalue weighted by atomic mass is 32.2. The maximum absolute atomic E-state index is 12.8. The van der Waals surface area contributed by atoms with Crippen LogP contribution in [0, 0.1) is 0 Å². The Morgan fingerprint density at radius 3 is 2.32 bits per heavy atom. The SMILES string of the molecule is CC(C)(C)n1nc(C(=O)NCc2ccc(S(=O)(=O)N3CCCCC3)cc2)cc1C1CC1. The summed E-state index contributed by atoms with van der Waals surface area (Å²) >= 11 is 0. The van der Waals surface area contributed by atoms with Gasteiger partial charge in [-0.3, -0.25) is 9.48 Å². The largest absolute Gasteiger partial charge is 0.347 e. The van der Waals surface area contributed by atoms with Gasteiger partial charge in [0.2, 0.25) is 10.0 Å². The minimum absolute atomic E-state index is 0.174. The van der Waals surface area contributed by atoms with Crippen LogP contribution in [-0.2, 0) is 22.1 Å². The molecular formula is C23H32N4O3S. The summed E-state index contributed by atoms with van der Waals surface area (Å²) in [6.45, 7) is 7.77. The molecule has 2 aliphatic rings. The van der Waals surface area contributed by atoms with Crippen LogP contribution >= 0.6 is 0 Å². The Hall–Kier alpha value is -2.19. The van der Waals surface area contributed by atoms with Gasteiger partial charge in [-0.15, -0.1) is 0 Å². The molecule has 2 aromatic rings. The zero-order chi connectivity index (χ0) is 22.2. The van der Waals surface area contributed by atoms with Gasteiger partial charge in [0, 0.05) is 31.2 Å². The fourth-order valence-corrected chi connectivity index (χ4v) is 5.54. The van der Waals surface area contributed by atoms with Gasteiger partial charge in [0.1, 0.15) is 5.69 Å². The normalized spacial score (nSPS) is 18.2. The van der Waals surface area contributed by atoms with Gasteiger partial charge in [-0.2, -0.15) is 9.40 Å². The number of carbonyl (C=O) groups excluding carboxylic acids is 1. The van der Waals surface area contributed by atoms with Gasteiger partial charge in [-0.05, 0) is 70.2 Å². The molecule has 31 heavy (non-hydrogen) atoms. The fraction of sp³-hybridized carbons (Fsp3) is 0.565. The molecule has 4 rings (SSSR count). The van der Waals surface area contributed by atoms with Crippen LogP contribution in [0.1, 0.15) is 80.5 Å². The molecule has 1 aliphatic heterocycles. The van der Waals surface area contributed by atoms with Crippen molar-refractivity contribution in [3.05, 3.63) is 47.3 Å². The van der Waals surface area contributed by atoms with Crippen LogP contribution in [0.2, 0.25) is 0 Å². The van der Waals surface area contributed by atoms with Crippen LogP contribution in [0.25, 0.3) is 0 Å². The highest BCUT2D eigenvalue weighted by Gasteiger charge is 2.32. The van der Waals surface area contributed by atoms with E-state index in [1.807, 2.05) is 10.7 Å². The molecule has 1 N–H and O–H groups in total. The quantitative estimate of drug-likeness (QED) is 0.738. The van der Waals surface area contributed by atoms with Crippen LogP contribution in [0.4, 0.5) is 0 Å². The first kappa shape index (κ1) is 22.0. The number of rotatable bonds is 6. The van der Waals surface area contributed by atoms with Crippen LogP contribution < -0.4 is 5.32 Å². The van der Waals surface area contributed by atoms with E-state index >= 15 is 0 Å². The van der Waals surface area contributed by atoms with Crippen LogP contribution in [-0.4, -0.2) is 41.5 Å². The highest BCUT2D eigenvalue weighted by Crippen LogP contribution is 2.41. The van der Waals surface area contributed by atoms with Gasteiger partial charge in [0.25, 0.3) is 5.91 Å². The van der Waals surface area contributed by atoms with E-state index in [0.29, 0.717) is 36.1 Å². The van der Waals surface area contributed by atoms with Crippen molar-refractivity contribution in [2.75, 3.05) is 13.1 Å². The second-order valence-electron chi connectivity index (χ2n) is 9.60. The molecule has 1 amide bonds. The van der Waals surface area contributed by atoms with Crippen molar-refractivity contribution >= 4 is 15.9 Å².